The number of hydrogen-bond donors (Lipinski definition) is 3. The summed E-state index contributed by atoms with van der Waals surface area (Å²) in [5, 5.41) is 20.7. The highest BCUT2D eigenvalue weighted by atomic mass is 19.1. The van der Waals surface area contributed by atoms with Gasteiger partial charge in [0.15, 0.2) is 0 Å². The molecule has 5 aliphatic rings. The topological polar surface area (TPSA) is 109 Å². The maximum absolute atomic E-state index is 15.8. The summed E-state index contributed by atoms with van der Waals surface area (Å²) in [4.78, 5) is 34.3. The SMILES string of the molecule is Cn1nc(C2NCC(=O)NC2=O)c2cc(F)c(N3CCN(C[C@@H]4CCCC[C@H]4CN4CCN(c5ccc([C@@H]6c7ccc(O)cc7CC[C@@H]6c6ccccc6)cc5)CC4)CC3)cc21. The largest absolute Gasteiger partial charge is 0.508 e. The second-order valence-corrected chi connectivity index (χ2v) is 18.4. The fourth-order valence-electron chi connectivity index (χ4n) is 11.5. The minimum absolute atomic E-state index is 0.0107. The van der Waals surface area contributed by atoms with Gasteiger partial charge < -0.3 is 14.9 Å². The van der Waals surface area contributed by atoms with Crippen LogP contribution in [0, 0.1) is 17.7 Å². The number of rotatable bonds is 9. The number of nitrogens with one attached hydrogen (secondary N) is 2. The first-order valence-corrected chi connectivity index (χ1v) is 22.9. The van der Waals surface area contributed by atoms with E-state index < -0.39 is 11.9 Å². The molecule has 11 nitrogen and oxygen atoms in total. The first-order valence-electron chi connectivity index (χ1n) is 22.9. The Morgan fingerprint density at radius 2 is 1.44 bits per heavy atom. The lowest BCUT2D eigenvalue weighted by atomic mass is 9.69. The van der Waals surface area contributed by atoms with Gasteiger partial charge in [-0.25, -0.2) is 4.39 Å². The van der Waals surface area contributed by atoms with Crippen molar-refractivity contribution in [3.63, 3.8) is 0 Å². The number of imide groups is 1. The van der Waals surface area contributed by atoms with Gasteiger partial charge in [-0.15, -0.1) is 0 Å². The predicted octanol–water partition coefficient (Wildman–Crippen LogP) is 6.32. The summed E-state index contributed by atoms with van der Waals surface area (Å²) in [7, 11) is 1.81. The highest BCUT2D eigenvalue weighted by molar-refractivity contribution is 6.03. The van der Waals surface area contributed by atoms with Crippen molar-refractivity contribution in [1.82, 2.24) is 30.2 Å². The number of phenols is 1. The number of halogens is 1. The van der Waals surface area contributed by atoms with Gasteiger partial charge in [0.1, 0.15) is 17.6 Å². The van der Waals surface area contributed by atoms with Gasteiger partial charge in [0.05, 0.1) is 23.4 Å². The molecule has 4 fully saturated rings. The third-order valence-electron chi connectivity index (χ3n) is 14.8. The lowest BCUT2D eigenvalue weighted by Gasteiger charge is -2.43. The van der Waals surface area contributed by atoms with Crippen molar-refractivity contribution in [2.45, 2.75) is 56.4 Å². The Bertz CT molecular complexity index is 2410. The van der Waals surface area contributed by atoms with E-state index >= 15 is 4.39 Å². The summed E-state index contributed by atoms with van der Waals surface area (Å²) in [6.07, 6.45) is 7.24. The van der Waals surface area contributed by atoms with Crippen LogP contribution in [0.25, 0.3) is 10.9 Å². The molecule has 2 aliphatic carbocycles. The van der Waals surface area contributed by atoms with Gasteiger partial charge in [-0.05, 0) is 102 Å². The molecule has 10 rings (SSSR count). The number of aryl methyl sites for hydroxylation is 2. The van der Waals surface area contributed by atoms with E-state index in [-0.39, 0.29) is 24.2 Å². The number of phenolic OH excluding ortho intramolecular Hbond substituents is 1. The fraction of sp³-hybridized carbons (Fsp3) is 0.460. The van der Waals surface area contributed by atoms with Crippen LogP contribution in [-0.4, -0.2) is 108 Å². The minimum atomic E-state index is -0.805. The van der Waals surface area contributed by atoms with E-state index in [0.717, 1.165) is 77.3 Å². The zero-order valence-corrected chi connectivity index (χ0v) is 35.8. The molecular formula is C50H59FN8O3. The van der Waals surface area contributed by atoms with Gasteiger partial charge in [0, 0.05) is 89.5 Å². The second-order valence-electron chi connectivity index (χ2n) is 18.4. The quantitative estimate of drug-likeness (QED) is 0.147. The van der Waals surface area contributed by atoms with E-state index in [1.165, 1.54) is 66.2 Å². The Kier molecular flexibility index (Phi) is 11.5. The highest BCUT2D eigenvalue weighted by Gasteiger charge is 2.35. The number of carbonyl (C=O) groups excluding carboxylic acids is 2. The molecule has 12 heteroatoms. The smallest absolute Gasteiger partial charge is 0.250 e. The van der Waals surface area contributed by atoms with Crippen LogP contribution >= 0.6 is 0 Å². The summed E-state index contributed by atoms with van der Waals surface area (Å²) in [5.74, 6) is 1.22. The van der Waals surface area contributed by atoms with Crippen molar-refractivity contribution in [1.29, 1.82) is 0 Å². The average Bonchev–Trinajstić information content (AvgIpc) is 3.61. The van der Waals surface area contributed by atoms with Crippen LogP contribution < -0.4 is 20.4 Å². The van der Waals surface area contributed by atoms with Crippen LogP contribution in [0.1, 0.15) is 77.9 Å². The standard InChI is InChI=1S/C50H59FN8O3/c1-55-44-29-45(43(51)28-42(44)48(54-55)49-50(62)53-46(61)30-52-49)59-25-21-57(22-26-59)32-37-10-6-5-9-36(37)31-56-19-23-58(24-20-56)38-14-11-34(12-15-38)47-40(33-7-3-2-4-8-33)17-13-35-27-39(60)16-18-41(35)47/h2-4,7-8,11-12,14-16,18,27-29,36-37,40,47,49,52,60H,5-6,9-10,13,17,19-26,30-32H2,1H3,(H,53,61,62)/t36-,37-,40+,47-,49?/m0/s1. The van der Waals surface area contributed by atoms with Crippen LogP contribution in [0.3, 0.4) is 0 Å². The summed E-state index contributed by atoms with van der Waals surface area (Å²) < 4.78 is 17.5. The summed E-state index contributed by atoms with van der Waals surface area (Å²) in [6.45, 7) is 9.83. The van der Waals surface area contributed by atoms with E-state index in [2.05, 4.69) is 96.0 Å². The Hall–Kier alpha value is -5.30. The Morgan fingerprint density at radius 1 is 0.758 bits per heavy atom. The molecule has 324 valence electrons. The first-order chi connectivity index (χ1) is 30.3. The predicted molar refractivity (Wildman–Crippen MR) is 241 cm³/mol. The molecule has 0 radical (unpaired) electrons. The van der Waals surface area contributed by atoms with Gasteiger partial charge in [-0.3, -0.25) is 34.7 Å². The molecule has 1 aromatic heterocycles. The normalized spacial score (nSPS) is 25.2. The minimum Gasteiger partial charge on any atom is -0.508 e. The van der Waals surface area contributed by atoms with Crippen molar-refractivity contribution in [2.24, 2.45) is 18.9 Å². The molecule has 5 atom stereocenters. The molecule has 2 amide bonds. The van der Waals surface area contributed by atoms with Crippen LogP contribution in [-0.2, 0) is 23.1 Å². The summed E-state index contributed by atoms with van der Waals surface area (Å²) >= 11 is 0. The average molecular weight is 839 g/mol. The van der Waals surface area contributed by atoms with Crippen molar-refractivity contribution in [3.8, 4) is 5.75 Å². The zero-order valence-electron chi connectivity index (χ0n) is 35.8. The maximum atomic E-state index is 15.8. The number of carbonyl (C=O) groups is 2. The number of nitrogens with zero attached hydrogens (tertiary/aromatic N) is 6. The van der Waals surface area contributed by atoms with E-state index in [4.69, 9.17) is 0 Å². The zero-order chi connectivity index (χ0) is 42.3. The molecule has 1 saturated carbocycles. The van der Waals surface area contributed by atoms with Crippen molar-refractivity contribution in [2.75, 3.05) is 81.8 Å². The van der Waals surface area contributed by atoms with Crippen LogP contribution in [0.4, 0.5) is 15.8 Å². The fourth-order valence-corrected chi connectivity index (χ4v) is 11.5. The molecule has 4 heterocycles. The molecule has 5 aromatic rings. The van der Waals surface area contributed by atoms with E-state index in [0.29, 0.717) is 40.3 Å². The van der Waals surface area contributed by atoms with Gasteiger partial charge >= 0.3 is 0 Å². The summed E-state index contributed by atoms with van der Waals surface area (Å²) in [6, 6.07) is 28.8. The number of piperazine rings is 3. The molecule has 1 unspecified atom stereocenters. The van der Waals surface area contributed by atoms with E-state index in [1.807, 2.05) is 25.2 Å². The Labute approximate surface area is 363 Å². The summed E-state index contributed by atoms with van der Waals surface area (Å²) in [5.41, 5.74) is 8.39. The molecule has 3 N–H and O–H groups in total. The van der Waals surface area contributed by atoms with E-state index in [9.17, 15) is 14.7 Å². The monoisotopic (exact) mass is 838 g/mol. The van der Waals surface area contributed by atoms with Gasteiger partial charge in [0.2, 0.25) is 11.8 Å². The van der Waals surface area contributed by atoms with Crippen LogP contribution in [0.5, 0.6) is 5.75 Å². The third kappa shape index (κ3) is 8.20. The Morgan fingerprint density at radius 3 is 2.11 bits per heavy atom. The highest BCUT2D eigenvalue weighted by Crippen LogP contribution is 2.47. The van der Waals surface area contributed by atoms with E-state index in [1.54, 1.807) is 4.68 Å². The number of benzene rings is 4. The van der Waals surface area contributed by atoms with Crippen molar-refractivity contribution >= 4 is 34.1 Å². The maximum Gasteiger partial charge on any atom is 0.250 e. The lowest BCUT2D eigenvalue weighted by Crippen LogP contribution is -2.51. The third-order valence-corrected chi connectivity index (χ3v) is 14.8. The number of aromatic hydroxyl groups is 1. The molecule has 4 aromatic carbocycles. The van der Waals surface area contributed by atoms with Gasteiger partial charge in [-0.1, -0.05) is 61.4 Å². The van der Waals surface area contributed by atoms with Crippen LogP contribution in [0.15, 0.2) is 84.9 Å². The second kappa shape index (κ2) is 17.5. The van der Waals surface area contributed by atoms with Crippen molar-refractivity contribution < 1.29 is 19.1 Å². The van der Waals surface area contributed by atoms with Gasteiger partial charge in [-0.2, -0.15) is 5.10 Å². The number of amides is 2. The number of fused-ring (bicyclic) bond motifs is 2. The number of anilines is 2. The van der Waals surface area contributed by atoms with Crippen LogP contribution in [0.2, 0.25) is 0 Å². The molecule has 0 spiro atoms. The number of aromatic nitrogens is 2. The molecule has 62 heavy (non-hydrogen) atoms. The molecule has 3 aliphatic heterocycles. The molecular weight excluding hydrogens is 780 g/mol. The van der Waals surface area contributed by atoms with Gasteiger partial charge in [0.25, 0.3) is 0 Å². The van der Waals surface area contributed by atoms with Crippen molar-refractivity contribution in [3.05, 3.63) is 119 Å². The molecule has 3 saturated heterocycles. The lowest BCUT2D eigenvalue weighted by molar-refractivity contribution is -0.134. The first kappa shape index (κ1) is 40.8. The number of hydrogen-bond acceptors (Lipinski definition) is 9. The Balaban J connectivity index is 0.736. The molecule has 0 bridgehead atoms.